The first-order valence-corrected chi connectivity index (χ1v) is 2.56. The third-order valence-corrected chi connectivity index (χ3v) is 0.650. The van der Waals surface area contributed by atoms with Crippen LogP contribution in [0.25, 0.3) is 0 Å². The van der Waals surface area contributed by atoms with Crippen molar-refractivity contribution >= 4 is 6.47 Å². The molecule has 1 aromatic rings. The summed E-state index contributed by atoms with van der Waals surface area (Å²) in [4.78, 5) is 11.6. The maximum atomic E-state index is 8.70. The van der Waals surface area contributed by atoms with Gasteiger partial charge in [0.1, 0.15) is 0 Å². The maximum Gasteiger partial charge on any atom is 0.330 e. The van der Waals surface area contributed by atoms with E-state index in [9.17, 15) is 0 Å². The Bertz CT molecular complexity index is 128. The van der Waals surface area contributed by atoms with E-state index in [1.54, 1.807) is 0 Å². The zero-order chi connectivity index (χ0) is 7.66. The first-order valence-electron chi connectivity index (χ1n) is 2.56. The molecule has 0 aliphatic heterocycles. The molecule has 0 aliphatic rings. The second-order valence-electron chi connectivity index (χ2n) is 1.28. The molecule has 0 radical (unpaired) electrons. The smallest absolute Gasteiger partial charge is 0.304 e. The van der Waals surface area contributed by atoms with Crippen molar-refractivity contribution in [2.45, 2.75) is 0 Å². The van der Waals surface area contributed by atoms with Gasteiger partial charge in [-0.25, -0.2) is 5.26 Å². The first kappa shape index (κ1) is 12.9. The van der Waals surface area contributed by atoms with Gasteiger partial charge < -0.3 is 4.89 Å². The van der Waals surface area contributed by atoms with Crippen molar-refractivity contribution in [1.82, 2.24) is 0 Å². The standard InChI is InChI=1S/C6H5.CH2O3.Pd/c1-2-4-6-5-3-1;2-1-4-3;/h1-5H;1,3H;/q-1;;. The van der Waals surface area contributed by atoms with Gasteiger partial charge in [-0.1, -0.05) is 0 Å². The molecule has 1 rings (SSSR count). The molecule has 1 aromatic carbocycles. The van der Waals surface area contributed by atoms with Crippen LogP contribution in [0.4, 0.5) is 0 Å². The monoisotopic (exact) mass is 245 g/mol. The SMILES string of the molecule is O=COO.[Pd].[c-]1ccccc1. The summed E-state index contributed by atoms with van der Waals surface area (Å²) in [5.41, 5.74) is 0. The van der Waals surface area contributed by atoms with Crippen LogP contribution in [0.2, 0.25) is 0 Å². The predicted molar refractivity (Wildman–Crippen MR) is 35.1 cm³/mol. The number of rotatable bonds is 1. The summed E-state index contributed by atoms with van der Waals surface area (Å²) in [5, 5.41) is 7.01. The van der Waals surface area contributed by atoms with E-state index in [4.69, 9.17) is 10.1 Å². The Kier molecular flexibility index (Phi) is 14.2. The Morgan fingerprint density at radius 1 is 1.27 bits per heavy atom. The molecule has 11 heavy (non-hydrogen) atoms. The van der Waals surface area contributed by atoms with Gasteiger partial charge in [0.05, 0.1) is 0 Å². The minimum absolute atomic E-state index is 0. The van der Waals surface area contributed by atoms with E-state index in [2.05, 4.69) is 11.0 Å². The molecule has 3 nitrogen and oxygen atoms in total. The fraction of sp³-hybridized carbons (Fsp3) is 0. The van der Waals surface area contributed by atoms with Gasteiger partial charge in [0.25, 0.3) is 0 Å². The third kappa shape index (κ3) is 12.5. The summed E-state index contributed by atoms with van der Waals surface area (Å²) >= 11 is 0. The first-order chi connectivity index (χ1) is 4.91. The molecule has 4 heteroatoms. The van der Waals surface area contributed by atoms with Crippen LogP contribution < -0.4 is 0 Å². The van der Waals surface area contributed by atoms with Gasteiger partial charge in [-0.3, -0.25) is 4.79 Å². The number of carbonyl (C=O) groups is 1. The number of hydrogen-bond acceptors (Lipinski definition) is 3. The largest absolute Gasteiger partial charge is 0.330 e. The predicted octanol–water partition coefficient (Wildman–Crippen LogP) is 1.12. The van der Waals surface area contributed by atoms with Gasteiger partial charge in [-0.05, 0) is 0 Å². The van der Waals surface area contributed by atoms with Crippen LogP contribution in [0.3, 0.4) is 0 Å². The molecular weight excluding hydrogens is 238 g/mol. The molecule has 0 atom stereocenters. The van der Waals surface area contributed by atoms with E-state index >= 15 is 0 Å². The summed E-state index contributed by atoms with van der Waals surface area (Å²) in [6.07, 6.45) is 0. The summed E-state index contributed by atoms with van der Waals surface area (Å²) in [7, 11) is 0. The van der Waals surface area contributed by atoms with Crippen molar-refractivity contribution in [2.24, 2.45) is 0 Å². The Balaban J connectivity index is 0. The Morgan fingerprint density at radius 3 is 1.82 bits per heavy atom. The second kappa shape index (κ2) is 12.0. The average Bonchev–Trinajstić information content (AvgIpc) is 2.08. The third-order valence-electron chi connectivity index (χ3n) is 0.650. The molecule has 0 aromatic heterocycles. The van der Waals surface area contributed by atoms with Crippen molar-refractivity contribution in [3.63, 3.8) is 0 Å². The molecular formula is C7H7O3Pd-. The van der Waals surface area contributed by atoms with Gasteiger partial charge >= 0.3 is 6.47 Å². The summed E-state index contributed by atoms with van der Waals surface area (Å²) in [5.74, 6) is 0. The zero-order valence-electron chi connectivity index (χ0n) is 5.54. The zero-order valence-corrected chi connectivity index (χ0v) is 7.10. The van der Waals surface area contributed by atoms with Crippen molar-refractivity contribution in [2.75, 3.05) is 0 Å². The van der Waals surface area contributed by atoms with Crippen LogP contribution in [0.1, 0.15) is 0 Å². The quantitative estimate of drug-likeness (QED) is 0.265. The molecule has 0 saturated carbocycles. The molecule has 0 heterocycles. The van der Waals surface area contributed by atoms with Crippen molar-refractivity contribution in [3.05, 3.63) is 36.4 Å². The molecule has 0 amide bonds. The molecule has 64 valence electrons. The average molecular weight is 246 g/mol. The number of hydrogen-bond donors (Lipinski definition) is 1. The summed E-state index contributed by atoms with van der Waals surface area (Å²) in [6.45, 7) is -0.0694. The van der Waals surface area contributed by atoms with Gasteiger partial charge in [0.15, 0.2) is 0 Å². The minimum Gasteiger partial charge on any atom is -0.304 e. The molecule has 0 spiro atoms. The summed E-state index contributed by atoms with van der Waals surface area (Å²) in [6, 6.07) is 12.5. The van der Waals surface area contributed by atoms with E-state index < -0.39 is 0 Å². The van der Waals surface area contributed by atoms with Crippen LogP contribution in [-0.2, 0) is 30.1 Å². The van der Waals surface area contributed by atoms with Crippen LogP contribution in [0.5, 0.6) is 0 Å². The van der Waals surface area contributed by atoms with Crippen LogP contribution in [-0.4, -0.2) is 11.7 Å². The molecule has 0 aliphatic carbocycles. The summed E-state index contributed by atoms with van der Waals surface area (Å²) < 4.78 is 0. The van der Waals surface area contributed by atoms with E-state index in [1.807, 2.05) is 30.3 Å². The van der Waals surface area contributed by atoms with Gasteiger partial charge in [-0.15, -0.1) is 0 Å². The minimum atomic E-state index is -0.0694. The normalized spacial score (nSPS) is 6.27. The van der Waals surface area contributed by atoms with Crippen LogP contribution >= 0.6 is 0 Å². The Hall–Kier alpha value is -0.688. The van der Waals surface area contributed by atoms with E-state index in [-0.39, 0.29) is 26.9 Å². The Labute approximate surface area is 78.6 Å². The Morgan fingerprint density at radius 2 is 1.73 bits per heavy atom. The molecule has 0 bridgehead atoms. The van der Waals surface area contributed by atoms with Crippen molar-refractivity contribution in [3.8, 4) is 0 Å². The van der Waals surface area contributed by atoms with Gasteiger partial charge in [0, 0.05) is 20.4 Å². The van der Waals surface area contributed by atoms with Gasteiger partial charge in [0.2, 0.25) is 0 Å². The second-order valence-corrected chi connectivity index (χ2v) is 1.28. The number of carbonyl (C=O) groups excluding carboxylic acids is 1. The molecule has 1 N–H and O–H groups in total. The van der Waals surface area contributed by atoms with E-state index in [0.717, 1.165) is 0 Å². The topological polar surface area (TPSA) is 46.5 Å². The van der Waals surface area contributed by atoms with E-state index in [0.29, 0.717) is 0 Å². The van der Waals surface area contributed by atoms with Crippen LogP contribution in [0.15, 0.2) is 30.3 Å². The molecule has 0 fully saturated rings. The van der Waals surface area contributed by atoms with Crippen LogP contribution in [0, 0.1) is 6.07 Å². The van der Waals surface area contributed by atoms with Gasteiger partial charge in [-0.2, -0.15) is 36.4 Å². The fourth-order valence-electron chi connectivity index (χ4n) is 0.342. The van der Waals surface area contributed by atoms with Crippen molar-refractivity contribution < 1.29 is 35.4 Å². The van der Waals surface area contributed by atoms with E-state index in [1.165, 1.54) is 0 Å². The maximum absolute atomic E-state index is 8.70. The van der Waals surface area contributed by atoms with Crippen molar-refractivity contribution in [1.29, 1.82) is 0 Å². The fourth-order valence-corrected chi connectivity index (χ4v) is 0.342. The molecule has 0 saturated heterocycles. The molecule has 0 unspecified atom stereocenters. The number of benzene rings is 1.